The molecule has 0 aromatic heterocycles. The summed E-state index contributed by atoms with van der Waals surface area (Å²) in [6.07, 6.45) is 2.45. The van der Waals surface area contributed by atoms with Crippen molar-refractivity contribution in [2.45, 2.75) is 38.8 Å². The number of para-hydroxylation sites is 2. The summed E-state index contributed by atoms with van der Waals surface area (Å²) in [5, 5.41) is 0. The molecule has 2 heterocycles. The van der Waals surface area contributed by atoms with Crippen LogP contribution in [0.5, 0.6) is 0 Å². The normalized spacial score (nSPS) is 23.5. The lowest BCUT2D eigenvalue weighted by Crippen LogP contribution is -3.00. The molecule has 0 spiro atoms. The Kier molecular flexibility index (Phi) is 7.69. The van der Waals surface area contributed by atoms with Gasteiger partial charge in [0.1, 0.15) is 11.4 Å². The molecule has 0 aliphatic carbocycles. The van der Waals surface area contributed by atoms with E-state index in [1.54, 1.807) is 0 Å². The lowest BCUT2D eigenvalue weighted by molar-refractivity contribution is -0.001000. The Labute approximate surface area is 180 Å². The Morgan fingerprint density at radius 2 is 0.923 bits per heavy atom. The van der Waals surface area contributed by atoms with Gasteiger partial charge < -0.3 is 34.0 Å². The Bertz CT molecular complexity index is 677. The zero-order valence-electron chi connectivity index (χ0n) is 16.8. The molecule has 2 atom stereocenters. The van der Waals surface area contributed by atoms with Gasteiger partial charge in [-0.1, -0.05) is 36.4 Å². The van der Waals surface area contributed by atoms with Crippen molar-refractivity contribution in [2.24, 2.45) is 0 Å². The van der Waals surface area contributed by atoms with Crippen LogP contribution in [0.4, 0.5) is 11.4 Å². The van der Waals surface area contributed by atoms with Crippen molar-refractivity contribution >= 4 is 11.4 Å². The summed E-state index contributed by atoms with van der Waals surface area (Å²) >= 11 is 0. The second-order valence-corrected chi connectivity index (χ2v) is 8.44. The van der Waals surface area contributed by atoms with Gasteiger partial charge >= 0.3 is 0 Å². The lowest BCUT2D eigenvalue weighted by atomic mass is 10.1. The molecule has 0 fully saturated rings. The average Bonchev–Trinajstić information content (AvgIpc) is 2.92. The Morgan fingerprint density at radius 1 is 0.615 bits per heavy atom. The fourth-order valence-electron chi connectivity index (χ4n) is 4.06. The van der Waals surface area contributed by atoms with Gasteiger partial charge in [0.05, 0.1) is 40.3 Å². The summed E-state index contributed by atoms with van der Waals surface area (Å²) in [5.74, 6) is 0. The minimum atomic E-state index is 0. The van der Waals surface area contributed by atoms with Gasteiger partial charge in [0.25, 0.3) is 0 Å². The summed E-state index contributed by atoms with van der Waals surface area (Å²) in [6, 6.07) is 19.0. The average molecular weight is 484 g/mol. The molecule has 2 unspecified atom stereocenters. The van der Waals surface area contributed by atoms with Crippen LogP contribution in [0, 0.1) is 0 Å². The van der Waals surface area contributed by atoms with Crippen LogP contribution in [-0.4, -0.2) is 40.3 Å². The van der Waals surface area contributed by atoms with E-state index in [0.29, 0.717) is 0 Å². The van der Waals surface area contributed by atoms with Crippen LogP contribution in [-0.2, 0) is 12.8 Å². The van der Waals surface area contributed by atoms with E-state index >= 15 is 0 Å². The molecule has 2 aliphatic rings. The summed E-state index contributed by atoms with van der Waals surface area (Å²) in [7, 11) is 9.15. The van der Waals surface area contributed by atoms with Gasteiger partial charge in [-0.25, -0.2) is 0 Å². The Balaban J connectivity index is 0.000000241. The summed E-state index contributed by atoms with van der Waals surface area (Å²) in [5.41, 5.74) is 6.03. The van der Waals surface area contributed by atoms with E-state index < -0.39 is 0 Å². The van der Waals surface area contributed by atoms with E-state index in [1.807, 2.05) is 0 Å². The number of hydrogen-bond acceptors (Lipinski definition) is 0. The largest absolute Gasteiger partial charge is 1.00 e. The highest BCUT2D eigenvalue weighted by atomic mass is 79.9. The second kappa shape index (κ2) is 8.55. The van der Waals surface area contributed by atoms with Crippen molar-refractivity contribution in [3.8, 4) is 0 Å². The van der Waals surface area contributed by atoms with Crippen molar-refractivity contribution in [1.82, 2.24) is 8.97 Å². The number of quaternary nitrogens is 2. The maximum absolute atomic E-state index is 2.32. The van der Waals surface area contributed by atoms with Gasteiger partial charge in [-0.05, 0) is 26.0 Å². The van der Waals surface area contributed by atoms with E-state index in [9.17, 15) is 0 Å². The first-order chi connectivity index (χ1) is 11.2. The van der Waals surface area contributed by atoms with Crippen LogP contribution >= 0.6 is 0 Å². The smallest absolute Gasteiger partial charge is 0.136 e. The molecule has 0 amide bonds. The van der Waals surface area contributed by atoms with E-state index in [2.05, 4.69) is 90.6 Å². The number of hydrogen-bond donors (Lipinski definition) is 0. The van der Waals surface area contributed by atoms with Gasteiger partial charge in [0, 0.05) is 24.0 Å². The van der Waals surface area contributed by atoms with Crippen LogP contribution in [0.2, 0.25) is 0 Å². The zero-order chi connectivity index (χ0) is 17.5. The molecule has 2 aromatic carbocycles. The van der Waals surface area contributed by atoms with Crippen molar-refractivity contribution in [3.63, 3.8) is 0 Å². The van der Waals surface area contributed by atoms with Crippen LogP contribution in [0.15, 0.2) is 48.5 Å². The van der Waals surface area contributed by atoms with Crippen molar-refractivity contribution in [1.29, 1.82) is 0 Å². The molecule has 2 aromatic rings. The molecule has 4 heteroatoms. The van der Waals surface area contributed by atoms with E-state index in [-0.39, 0.29) is 34.0 Å². The summed E-state index contributed by atoms with van der Waals surface area (Å²) in [6.45, 7) is 4.64. The maximum Gasteiger partial charge on any atom is 0.136 e. The first kappa shape index (κ1) is 23.4. The molecule has 2 aliphatic heterocycles. The number of nitrogens with zero attached hydrogens (tertiary/aromatic N) is 2. The predicted octanol–water partition coefficient (Wildman–Crippen LogP) is -1.60. The first-order valence-electron chi connectivity index (χ1n) is 9.09. The molecule has 4 rings (SSSR count). The van der Waals surface area contributed by atoms with Gasteiger partial charge in [-0.2, -0.15) is 0 Å². The third-order valence-electron chi connectivity index (χ3n) is 6.46. The minimum absolute atomic E-state index is 0. The number of halogens is 2. The molecule has 144 valence electrons. The quantitative estimate of drug-likeness (QED) is 0.396. The number of benzene rings is 2. The van der Waals surface area contributed by atoms with Crippen molar-refractivity contribution in [3.05, 3.63) is 59.7 Å². The molecule has 0 saturated heterocycles. The monoisotopic (exact) mass is 482 g/mol. The number of fused-ring (bicyclic) bond motifs is 2. The molecule has 26 heavy (non-hydrogen) atoms. The van der Waals surface area contributed by atoms with Crippen molar-refractivity contribution in [2.75, 3.05) is 28.2 Å². The lowest BCUT2D eigenvalue weighted by Gasteiger charge is -2.29. The summed E-state index contributed by atoms with van der Waals surface area (Å²) < 4.78 is 2.08. The molecule has 0 bridgehead atoms. The predicted molar refractivity (Wildman–Crippen MR) is 107 cm³/mol. The van der Waals surface area contributed by atoms with Crippen LogP contribution < -0.4 is 42.9 Å². The Hall–Kier alpha value is -0.680. The molecule has 0 radical (unpaired) electrons. The molecule has 0 saturated carbocycles. The minimum Gasteiger partial charge on any atom is -1.00 e. The fourth-order valence-corrected chi connectivity index (χ4v) is 4.06. The van der Waals surface area contributed by atoms with Crippen LogP contribution in [0.3, 0.4) is 0 Å². The van der Waals surface area contributed by atoms with Crippen LogP contribution in [0.25, 0.3) is 0 Å². The number of rotatable bonds is 0. The third-order valence-corrected chi connectivity index (χ3v) is 6.46. The highest BCUT2D eigenvalue weighted by Crippen LogP contribution is 2.36. The third kappa shape index (κ3) is 4.09. The topological polar surface area (TPSA) is 0 Å². The highest BCUT2D eigenvalue weighted by Gasteiger charge is 2.37. The highest BCUT2D eigenvalue weighted by molar-refractivity contribution is 5.55. The first-order valence-corrected chi connectivity index (χ1v) is 9.09. The Morgan fingerprint density at radius 3 is 1.23 bits per heavy atom. The second-order valence-electron chi connectivity index (χ2n) is 8.44. The van der Waals surface area contributed by atoms with Crippen LogP contribution in [0.1, 0.15) is 25.0 Å². The van der Waals surface area contributed by atoms with Gasteiger partial charge in [0.15, 0.2) is 0 Å². The SMILES string of the molecule is CC1Cc2ccccc2[N+]1(C)C.CC1Cc2ccccc2[N+]1(C)C.[Br-].[Br-]. The molecule has 0 N–H and O–H groups in total. The summed E-state index contributed by atoms with van der Waals surface area (Å²) in [4.78, 5) is 0. The van der Waals surface area contributed by atoms with E-state index in [0.717, 1.165) is 21.0 Å². The number of likely N-dealkylation sites (N-methyl/N-ethyl adjacent to an activating group) is 2. The van der Waals surface area contributed by atoms with Gasteiger partial charge in [-0.3, -0.25) is 8.97 Å². The van der Waals surface area contributed by atoms with E-state index in [4.69, 9.17) is 0 Å². The fraction of sp³-hybridized carbons (Fsp3) is 0.455. The van der Waals surface area contributed by atoms with E-state index in [1.165, 1.54) is 35.3 Å². The molecular weight excluding hydrogens is 452 g/mol. The maximum atomic E-state index is 2.32. The molecule has 2 nitrogen and oxygen atoms in total. The van der Waals surface area contributed by atoms with Crippen molar-refractivity contribution < 1.29 is 34.0 Å². The van der Waals surface area contributed by atoms with Gasteiger partial charge in [-0.15, -0.1) is 0 Å². The zero-order valence-corrected chi connectivity index (χ0v) is 20.0. The standard InChI is InChI=1S/2C11H16N.2BrH/c2*1-9-8-10-6-4-5-7-11(10)12(9,2)3;;/h2*4-7,9H,8H2,1-3H3;2*1H/q2*+1;;/p-2. The molecular formula is C22H32Br2N2. The van der Waals surface area contributed by atoms with Gasteiger partial charge in [0.2, 0.25) is 0 Å².